The van der Waals surface area contributed by atoms with Crippen LogP contribution in [0, 0.1) is 11.8 Å². The van der Waals surface area contributed by atoms with E-state index in [1.54, 1.807) is 24.3 Å². The Morgan fingerprint density at radius 2 is 1.89 bits per heavy atom. The number of anilines is 1. The van der Waals surface area contributed by atoms with Crippen molar-refractivity contribution < 1.29 is 14.7 Å². The molecule has 2 N–H and O–H groups in total. The predicted octanol–water partition coefficient (Wildman–Crippen LogP) is 3.17. The molecule has 1 fully saturated rings. The van der Waals surface area contributed by atoms with Gasteiger partial charge in [0.05, 0.1) is 11.8 Å². The van der Waals surface area contributed by atoms with Crippen molar-refractivity contribution in [3.8, 4) is 0 Å². The highest BCUT2D eigenvalue weighted by Crippen LogP contribution is 2.31. The maximum Gasteiger partial charge on any atom is 0.307 e. The van der Waals surface area contributed by atoms with Gasteiger partial charge in [-0.05, 0) is 31.0 Å². The zero-order valence-corrected chi connectivity index (χ0v) is 11.2. The lowest BCUT2D eigenvalue weighted by Gasteiger charge is -2.27. The molecular weight excluding hydrogens is 266 g/mol. The van der Waals surface area contributed by atoms with Crippen molar-refractivity contribution in [1.29, 1.82) is 0 Å². The molecule has 1 aromatic carbocycles. The lowest BCUT2D eigenvalue weighted by atomic mass is 9.78. The second-order valence-corrected chi connectivity index (χ2v) is 5.27. The lowest BCUT2D eigenvalue weighted by Crippen LogP contribution is -2.36. The minimum absolute atomic E-state index is 0.227. The molecule has 102 valence electrons. The number of hydrogen-bond donors (Lipinski definition) is 2. The van der Waals surface area contributed by atoms with Gasteiger partial charge in [0, 0.05) is 10.7 Å². The molecule has 1 aliphatic carbocycles. The zero-order chi connectivity index (χ0) is 13.8. The number of nitrogens with one attached hydrogen (secondary N) is 1. The highest BCUT2D eigenvalue weighted by atomic mass is 35.5. The third-order valence-corrected chi connectivity index (χ3v) is 3.75. The molecule has 0 unspecified atom stereocenters. The van der Waals surface area contributed by atoms with Crippen molar-refractivity contribution in [2.75, 3.05) is 5.32 Å². The Morgan fingerprint density at radius 3 is 2.53 bits per heavy atom. The first-order valence-corrected chi connectivity index (χ1v) is 6.75. The van der Waals surface area contributed by atoms with Crippen molar-refractivity contribution in [3.05, 3.63) is 29.3 Å². The minimum atomic E-state index is -0.883. The summed E-state index contributed by atoms with van der Waals surface area (Å²) in [4.78, 5) is 23.4. The Hall–Kier alpha value is -1.55. The number of carbonyl (C=O) groups excluding carboxylic acids is 1. The van der Waals surface area contributed by atoms with Crippen LogP contribution in [-0.2, 0) is 9.59 Å². The van der Waals surface area contributed by atoms with Gasteiger partial charge in [0.15, 0.2) is 0 Å². The number of carbonyl (C=O) groups is 2. The van der Waals surface area contributed by atoms with E-state index in [2.05, 4.69) is 5.32 Å². The van der Waals surface area contributed by atoms with E-state index in [4.69, 9.17) is 16.7 Å². The van der Waals surface area contributed by atoms with Gasteiger partial charge in [-0.1, -0.05) is 30.5 Å². The van der Waals surface area contributed by atoms with E-state index >= 15 is 0 Å². The van der Waals surface area contributed by atoms with Crippen LogP contribution < -0.4 is 5.32 Å². The molecule has 1 amide bonds. The topological polar surface area (TPSA) is 66.4 Å². The molecule has 1 aromatic rings. The van der Waals surface area contributed by atoms with Gasteiger partial charge in [-0.3, -0.25) is 9.59 Å². The maximum absolute atomic E-state index is 12.2. The molecule has 19 heavy (non-hydrogen) atoms. The average molecular weight is 282 g/mol. The van der Waals surface area contributed by atoms with Crippen LogP contribution in [0.4, 0.5) is 5.69 Å². The molecule has 0 heterocycles. The van der Waals surface area contributed by atoms with Gasteiger partial charge in [0.2, 0.25) is 5.91 Å². The van der Waals surface area contributed by atoms with Gasteiger partial charge in [-0.25, -0.2) is 0 Å². The zero-order valence-electron chi connectivity index (χ0n) is 10.4. The molecule has 0 radical (unpaired) electrons. The van der Waals surface area contributed by atoms with Gasteiger partial charge < -0.3 is 10.4 Å². The van der Waals surface area contributed by atoms with Gasteiger partial charge in [0.1, 0.15) is 0 Å². The summed E-state index contributed by atoms with van der Waals surface area (Å²) in [6, 6.07) is 6.85. The number of amides is 1. The highest BCUT2D eigenvalue weighted by molar-refractivity contribution is 6.30. The first-order valence-electron chi connectivity index (χ1n) is 6.37. The quantitative estimate of drug-likeness (QED) is 0.894. The van der Waals surface area contributed by atoms with Crippen LogP contribution in [0.25, 0.3) is 0 Å². The number of carboxylic acids is 1. The third-order valence-electron chi connectivity index (χ3n) is 3.51. The van der Waals surface area contributed by atoms with Crippen LogP contribution in [0.3, 0.4) is 0 Å². The monoisotopic (exact) mass is 281 g/mol. The first-order chi connectivity index (χ1) is 9.08. The largest absolute Gasteiger partial charge is 0.481 e. The Balaban J connectivity index is 2.07. The number of carboxylic acid groups (broad SMARTS) is 1. The lowest BCUT2D eigenvalue weighted by molar-refractivity contribution is -0.147. The van der Waals surface area contributed by atoms with E-state index in [0.29, 0.717) is 23.6 Å². The van der Waals surface area contributed by atoms with Crippen molar-refractivity contribution in [3.63, 3.8) is 0 Å². The van der Waals surface area contributed by atoms with Crippen LogP contribution in [0.1, 0.15) is 25.7 Å². The Bertz CT molecular complexity index is 489. The normalized spacial score (nSPS) is 22.8. The molecular formula is C14H16ClNO3. The van der Waals surface area contributed by atoms with Gasteiger partial charge in [-0.2, -0.15) is 0 Å². The number of rotatable bonds is 3. The van der Waals surface area contributed by atoms with Crippen molar-refractivity contribution in [2.24, 2.45) is 11.8 Å². The summed E-state index contributed by atoms with van der Waals surface area (Å²) in [5.74, 6) is -2.14. The summed E-state index contributed by atoms with van der Waals surface area (Å²) < 4.78 is 0. The van der Waals surface area contributed by atoms with Crippen molar-refractivity contribution in [1.82, 2.24) is 0 Å². The summed E-state index contributed by atoms with van der Waals surface area (Å²) in [5.41, 5.74) is 0.604. The molecule has 0 aliphatic heterocycles. The van der Waals surface area contributed by atoms with Gasteiger partial charge in [0.25, 0.3) is 0 Å². The molecule has 4 nitrogen and oxygen atoms in total. The van der Waals surface area contributed by atoms with Crippen LogP contribution in [-0.4, -0.2) is 17.0 Å². The summed E-state index contributed by atoms with van der Waals surface area (Å²) in [6.45, 7) is 0. The molecule has 1 aliphatic rings. The van der Waals surface area contributed by atoms with E-state index < -0.39 is 17.8 Å². The fourth-order valence-corrected chi connectivity index (χ4v) is 2.73. The summed E-state index contributed by atoms with van der Waals surface area (Å²) in [7, 11) is 0. The predicted molar refractivity (Wildman–Crippen MR) is 73.2 cm³/mol. The van der Waals surface area contributed by atoms with Crippen molar-refractivity contribution >= 4 is 29.2 Å². The van der Waals surface area contributed by atoms with Crippen LogP contribution in [0.15, 0.2) is 24.3 Å². The standard InChI is InChI=1S/C14H16ClNO3/c15-9-4-3-5-10(8-9)16-13(17)11-6-1-2-7-12(11)14(18)19/h3-5,8,11-12H,1-2,6-7H2,(H,16,17)(H,18,19)/t11-,12-/m1/s1. The number of benzene rings is 1. The Kier molecular flexibility index (Phi) is 4.43. The smallest absolute Gasteiger partial charge is 0.307 e. The Labute approximate surface area is 116 Å². The average Bonchev–Trinajstić information content (AvgIpc) is 2.38. The summed E-state index contributed by atoms with van der Waals surface area (Å²) in [5, 5.41) is 12.5. The molecule has 2 rings (SSSR count). The molecule has 5 heteroatoms. The minimum Gasteiger partial charge on any atom is -0.481 e. The van der Waals surface area contributed by atoms with E-state index in [0.717, 1.165) is 12.8 Å². The molecule has 1 saturated carbocycles. The molecule has 0 aromatic heterocycles. The van der Waals surface area contributed by atoms with E-state index in [9.17, 15) is 9.59 Å². The first kappa shape index (κ1) is 13.9. The highest BCUT2D eigenvalue weighted by Gasteiger charge is 2.35. The van der Waals surface area contributed by atoms with E-state index in [1.807, 2.05) is 0 Å². The van der Waals surface area contributed by atoms with Gasteiger partial charge in [-0.15, -0.1) is 0 Å². The third kappa shape index (κ3) is 3.47. The molecule has 0 saturated heterocycles. The summed E-state index contributed by atoms with van der Waals surface area (Å²) >= 11 is 5.85. The molecule has 0 bridgehead atoms. The number of halogens is 1. The van der Waals surface area contributed by atoms with Crippen LogP contribution >= 0.6 is 11.6 Å². The number of hydrogen-bond acceptors (Lipinski definition) is 2. The maximum atomic E-state index is 12.2. The Morgan fingerprint density at radius 1 is 1.21 bits per heavy atom. The summed E-state index contributed by atoms with van der Waals surface area (Å²) in [6.07, 6.45) is 2.97. The molecule has 0 spiro atoms. The fraction of sp³-hybridized carbons (Fsp3) is 0.429. The van der Waals surface area contributed by atoms with E-state index in [-0.39, 0.29) is 5.91 Å². The van der Waals surface area contributed by atoms with Crippen LogP contribution in [0.5, 0.6) is 0 Å². The van der Waals surface area contributed by atoms with E-state index in [1.165, 1.54) is 0 Å². The number of aliphatic carboxylic acids is 1. The van der Waals surface area contributed by atoms with Crippen LogP contribution in [0.2, 0.25) is 5.02 Å². The SMILES string of the molecule is O=C(O)[C@@H]1CCCC[C@H]1C(=O)Nc1cccc(Cl)c1. The van der Waals surface area contributed by atoms with Gasteiger partial charge >= 0.3 is 5.97 Å². The van der Waals surface area contributed by atoms with Crippen molar-refractivity contribution in [2.45, 2.75) is 25.7 Å². The second-order valence-electron chi connectivity index (χ2n) is 4.84. The molecule has 2 atom stereocenters. The second kappa shape index (κ2) is 6.06. The fourth-order valence-electron chi connectivity index (χ4n) is 2.54.